The number of rotatable bonds is 1. The highest BCUT2D eigenvalue weighted by Crippen LogP contribution is 2.27. The number of nitrogens with zero attached hydrogens (tertiary/aromatic N) is 3. The molecular formula is C14H15N3. The molecule has 1 aliphatic rings. The molecule has 3 heteroatoms. The number of hydrogen-bond acceptors (Lipinski definition) is 3. The first-order chi connectivity index (χ1) is 8.26. The molecule has 0 saturated carbocycles. The average molecular weight is 225 g/mol. The van der Waals surface area contributed by atoms with Gasteiger partial charge in [-0.3, -0.25) is 0 Å². The minimum Gasteiger partial charge on any atom is -0.370 e. The van der Waals surface area contributed by atoms with Crippen molar-refractivity contribution in [3.05, 3.63) is 29.3 Å². The van der Waals surface area contributed by atoms with E-state index in [1.54, 1.807) is 6.07 Å². The van der Waals surface area contributed by atoms with Gasteiger partial charge < -0.3 is 4.90 Å². The molecule has 1 saturated heterocycles. The molecule has 1 fully saturated rings. The number of anilines is 1. The SMILES string of the molecule is CC1CCN(c2cccc(C#N)c2C#N)CC1. The van der Waals surface area contributed by atoms with Crippen molar-refractivity contribution in [1.82, 2.24) is 0 Å². The molecule has 86 valence electrons. The van der Waals surface area contributed by atoms with Gasteiger partial charge in [0.25, 0.3) is 0 Å². The van der Waals surface area contributed by atoms with E-state index in [0.717, 1.165) is 37.5 Å². The molecule has 1 aromatic carbocycles. The summed E-state index contributed by atoms with van der Waals surface area (Å²) in [4.78, 5) is 2.22. The molecule has 3 nitrogen and oxygen atoms in total. The van der Waals surface area contributed by atoms with E-state index in [2.05, 4.69) is 24.0 Å². The van der Waals surface area contributed by atoms with Crippen molar-refractivity contribution in [2.45, 2.75) is 19.8 Å². The summed E-state index contributed by atoms with van der Waals surface area (Å²) in [5.74, 6) is 0.760. The van der Waals surface area contributed by atoms with Crippen LogP contribution in [0, 0.1) is 28.6 Å². The Balaban J connectivity index is 2.33. The van der Waals surface area contributed by atoms with Crippen molar-refractivity contribution in [3.8, 4) is 12.1 Å². The van der Waals surface area contributed by atoms with E-state index >= 15 is 0 Å². The third-order valence-electron chi connectivity index (χ3n) is 3.40. The first kappa shape index (κ1) is 11.5. The number of piperidine rings is 1. The van der Waals surface area contributed by atoms with E-state index in [9.17, 15) is 5.26 Å². The van der Waals surface area contributed by atoms with Crippen molar-refractivity contribution in [1.29, 1.82) is 10.5 Å². The van der Waals surface area contributed by atoms with Gasteiger partial charge in [0.05, 0.1) is 16.8 Å². The maximum Gasteiger partial charge on any atom is 0.103 e. The summed E-state index contributed by atoms with van der Waals surface area (Å²) >= 11 is 0. The number of benzene rings is 1. The highest BCUT2D eigenvalue weighted by atomic mass is 15.1. The quantitative estimate of drug-likeness (QED) is 0.738. The summed E-state index contributed by atoms with van der Waals surface area (Å²) in [6, 6.07) is 9.74. The lowest BCUT2D eigenvalue weighted by Gasteiger charge is -2.32. The van der Waals surface area contributed by atoms with Crippen LogP contribution in [0.5, 0.6) is 0 Å². The normalized spacial score (nSPS) is 16.3. The summed E-state index contributed by atoms with van der Waals surface area (Å²) < 4.78 is 0. The zero-order valence-corrected chi connectivity index (χ0v) is 9.98. The van der Waals surface area contributed by atoms with Crippen LogP contribution in [-0.2, 0) is 0 Å². The van der Waals surface area contributed by atoms with Gasteiger partial charge in [-0.1, -0.05) is 13.0 Å². The monoisotopic (exact) mass is 225 g/mol. The second kappa shape index (κ2) is 4.89. The van der Waals surface area contributed by atoms with Crippen molar-refractivity contribution in [3.63, 3.8) is 0 Å². The third-order valence-corrected chi connectivity index (χ3v) is 3.40. The van der Waals surface area contributed by atoms with Crippen molar-refractivity contribution in [2.24, 2.45) is 5.92 Å². The predicted octanol–water partition coefficient (Wildman–Crippen LogP) is 2.67. The Morgan fingerprint density at radius 1 is 1.18 bits per heavy atom. The summed E-state index contributed by atoms with van der Waals surface area (Å²) in [5, 5.41) is 18.2. The molecule has 2 rings (SSSR count). The molecule has 0 spiro atoms. The van der Waals surface area contributed by atoms with E-state index in [4.69, 9.17) is 5.26 Å². The predicted molar refractivity (Wildman–Crippen MR) is 66.5 cm³/mol. The molecule has 0 aliphatic carbocycles. The Morgan fingerprint density at radius 3 is 2.47 bits per heavy atom. The van der Waals surface area contributed by atoms with Crippen LogP contribution < -0.4 is 4.90 Å². The topological polar surface area (TPSA) is 50.8 Å². The fourth-order valence-electron chi connectivity index (χ4n) is 2.26. The smallest absolute Gasteiger partial charge is 0.103 e. The zero-order chi connectivity index (χ0) is 12.3. The lowest BCUT2D eigenvalue weighted by atomic mass is 9.97. The fraction of sp³-hybridized carbons (Fsp3) is 0.429. The Morgan fingerprint density at radius 2 is 1.88 bits per heavy atom. The molecule has 1 heterocycles. The molecule has 0 radical (unpaired) electrons. The Hall–Kier alpha value is -2.00. The fourth-order valence-corrected chi connectivity index (χ4v) is 2.26. The lowest BCUT2D eigenvalue weighted by molar-refractivity contribution is 0.438. The summed E-state index contributed by atoms with van der Waals surface area (Å²) in [6.45, 7) is 4.21. The van der Waals surface area contributed by atoms with Crippen molar-refractivity contribution >= 4 is 5.69 Å². The van der Waals surface area contributed by atoms with Gasteiger partial charge in [-0.2, -0.15) is 10.5 Å². The lowest BCUT2D eigenvalue weighted by Crippen LogP contribution is -2.33. The zero-order valence-electron chi connectivity index (χ0n) is 9.98. The van der Waals surface area contributed by atoms with Gasteiger partial charge in [0, 0.05) is 13.1 Å². The minimum atomic E-state index is 0.476. The van der Waals surface area contributed by atoms with Crippen LogP contribution >= 0.6 is 0 Å². The Bertz CT molecular complexity index is 485. The maximum absolute atomic E-state index is 9.19. The average Bonchev–Trinajstić information content (AvgIpc) is 2.38. The Labute approximate surface area is 102 Å². The molecule has 0 atom stereocenters. The van der Waals surface area contributed by atoms with Crippen LogP contribution in [0.1, 0.15) is 30.9 Å². The highest BCUT2D eigenvalue weighted by molar-refractivity contribution is 5.65. The number of hydrogen-bond donors (Lipinski definition) is 0. The van der Waals surface area contributed by atoms with Crippen LogP contribution in [0.15, 0.2) is 18.2 Å². The van der Waals surface area contributed by atoms with Crippen LogP contribution in [0.25, 0.3) is 0 Å². The van der Waals surface area contributed by atoms with E-state index in [-0.39, 0.29) is 0 Å². The van der Waals surface area contributed by atoms with Gasteiger partial charge in [0.2, 0.25) is 0 Å². The molecule has 0 aromatic heterocycles. The standard InChI is InChI=1S/C14H15N3/c1-11-5-7-17(8-6-11)14-4-2-3-12(9-15)13(14)10-16/h2-4,11H,5-8H2,1H3. The van der Waals surface area contributed by atoms with Gasteiger partial charge in [-0.05, 0) is 30.9 Å². The van der Waals surface area contributed by atoms with E-state index in [1.807, 2.05) is 12.1 Å². The summed E-state index contributed by atoms with van der Waals surface area (Å²) in [7, 11) is 0. The van der Waals surface area contributed by atoms with Gasteiger partial charge >= 0.3 is 0 Å². The molecule has 0 unspecified atom stereocenters. The molecular weight excluding hydrogens is 210 g/mol. The van der Waals surface area contributed by atoms with E-state index < -0.39 is 0 Å². The second-order valence-electron chi connectivity index (χ2n) is 4.59. The van der Waals surface area contributed by atoms with Crippen LogP contribution in [0.4, 0.5) is 5.69 Å². The van der Waals surface area contributed by atoms with Crippen LogP contribution in [0.3, 0.4) is 0 Å². The molecule has 0 N–H and O–H groups in total. The minimum absolute atomic E-state index is 0.476. The second-order valence-corrected chi connectivity index (χ2v) is 4.59. The molecule has 1 aromatic rings. The first-order valence-corrected chi connectivity index (χ1v) is 5.94. The molecule has 0 amide bonds. The van der Waals surface area contributed by atoms with Gasteiger partial charge in [0.1, 0.15) is 12.1 Å². The van der Waals surface area contributed by atoms with E-state index in [1.165, 1.54) is 0 Å². The Kier molecular flexibility index (Phi) is 3.30. The van der Waals surface area contributed by atoms with E-state index in [0.29, 0.717) is 11.1 Å². The maximum atomic E-state index is 9.19. The van der Waals surface area contributed by atoms with Gasteiger partial charge in [0.15, 0.2) is 0 Å². The van der Waals surface area contributed by atoms with Crippen molar-refractivity contribution in [2.75, 3.05) is 18.0 Å². The van der Waals surface area contributed by atoms with Gasteiger partial charge in [-0.25, -0.2) is 0 Å². The van der Waals surface area contributed by atoms with Crippen LogP contribution in [0.2, 0.25) is 0 Å². The highest BCUT2D eigenvalue weighted by Gasteiger charge is 2.19. The third kappa shape index (κ3) is 2.24. The molecule has 0 bridgehead atoms. The molecule has 17 heavy (non-hydrogen) atoms. The molecule has 1 aliphatic heterocycles. The van der Waals surface area contributed by atoms with Gasteiger partial charge in [-0.15, -0.1) is 0 Å². The number of nitriles is 2. The van der Waals surface area contributed by atoms with Crippen molar-refractivity contribution < 1.29 is 0 Å². The summed E-state index contributed by atoms with van der Waals surface area (Å²) in [6.07, 6.45) is 2.31. The summed E-state index contributed by atoms with van der Waals surface area (Å²) in [5.41, 5.74) is 1.91. The van der Waals surface area contributed by atoms with Crippen LogP contribution in [-0.4, -0.2) is 13.1 Å². The first-order valence-electron chi connectivity index (χ1n) is 5.94. The largest absolute Gasteiger partial charge is 0.370 e.